The number of carboxylic acids is 1. The van der Waals surface area contributed by atoms with E-state index < -0.39 is 18.4 Å². The Hall–Kier alpha value is -1.97. The summed E-state index contributed by atoms with van der Waals surface area (Å²) in [6.07, 6.45) is 73.5. The monoisotopic (exact) mass is 1130 g/mol. The van der Waals surface area contributed by atoms with Gasteiger partial charge in [0.25, 0.3) is 6.29 Å². The number of nitrogens with zero attached hydrogens (tertiary/aromatic N) is 1. The summed E-state index contributed by atoms with van der Waals surface area (Å²) < 4.78 is 23.0. The molecule has 0 aliphatic carbocycles. The third kappa shape index (κ3) is 63.6. The average Bonchev–Trinajstić information content (AvgIpc) is 3.43. The average molecular weight is 1130 g/mol. The minimum Gasteiger partial charge on any atom is -0.477 e. The van der Waals surface area contributed by atoms with Gasteiger partial charge in [-0.3, -0.25) is 9.59 Å². The van der Waals surface area contributed by atoms with Crippen molar-refractivity contribution in [1.29, 1.82) is 0 Å². The number of aliphatic carboxylic acids is 1. The van der Waals surface area contributed by atoms with Crippen LogP contribution in [0.25, 0.3) is 0 Å². The standard InChI is InChI=1S/C71H137NO8/c1-6-8-10-12-14-16-18-20-22-24-26-27-28-29-30-31-32-33-34-35-36-37-38-39-40-41-42-44-45-47-49-51-53-55-57-59-61-68(73)78-65-67(66-79-71(70(75)76)77-64-63-72(3,4)5)80-69(74)62-60-58-56-54-52-50-48-46-43-25-23-21-19-17-15-13-11-9-7-2/h21,23,67,71H,6-20,22,24-66H2,1-5H3/p+1/b23-21-. The van der Waals surface area contributed by atoms with Gasteiger partial charge in [-0.05, 0) is 38.5 Å². The zero-order chi connectivity index (χ0) is 58.3. The Morgan fingerprint density at radius 3 is 0.925 bits per heavy atom. The minimum atomic E-state index is -1.51. The van der Waals surface area contributed by atoms with Crippen molar-refractivity contribution in [1.82, 2.24) is 0 Å². The lowest BCUT2D eigenvalue weighted by molar-refractivity contribution is -0.870. The third-order valence-electron chi connectivity index (χ3n) is 16.3. The van der Waals surface area contributed by atoms with Crippen LogP contribution in [0.15, 0.2) is 12.2 Å². The second-order valence-corrected chi connectivity index (χ2v) is 25.6. The van der Waals surface area contributed by atoms with Crippen molar-refractivity contribution < 1.29 is 42.9 Å². The molecule has 0 aromatic rings. The van der Waals surface area contributed by atoms with Gasteiger partial charge in [0.05, 0.1) is 34.4 Å². The molecule has 0 bridgehead atoms. The summed E-state index contributed by atoms with van der Waals surface area (Å²) in [6.45, 7) is 4.94. The highest BCUT2D eigenvalue weighted by Crippen LogP contribution is 2.19. The smallest absolute Gasteiger partial charge is 0.361 e. The number of unbranched alkanes of at least 4 members (excludes halogenated alkanes) is 50. The molecule has 80 heavy (non-hydrogen) atoms. The Morgan fingerprint density at radius 1 is 0.362 bits per heavy atom. The van der Waals surface area contributed by atoms with E-state index >= 15 is 0 Å². The summed E-state index contributed by atoms with van der Waals surface area (Å²) >= 11 is 0. The summed E-state index contributed by atoms with van der Waals surface area (Å²) in [4.78, 5) is 37.5. The van der Waals surface area contributed by atoms with Gasteiger partial charge in [0.2, 0.25) is 0 Å². The number of carbonyl (C=O) groups is 3. The lowest BCUT2D eigenvalue weighted by atomic mass is 10.0. The predicted molar refractivity (Wildman–Crippen MR) is 341 cm³/mol. The highest BCUT2D eigenvalue weighted by Gasteiger charge is 2.25. The fourth-order valence-electron chi connectivity index (χ4n) is 10.8. The van der Waals surface area contributed by atoms with Crippen molar-refractivity contribution in [3.05, 3.63) is 12.2 Å². The molecule has 0 saturated heterocycles. The molecule has 0 amide bonds. The fourth-order valence-corrected chi connectivity index (χ4v) is 10.8. The van der Waals surface area contributed by atoms with Crippen LogP contribution in [-0.2, 0) is 33.3 Å². The Labute approximate surface area is 497 Å². The first-order chi connectivity index (χ1) is 39.1. The summed E-state index contributed by atoms with van der Waals surface area (Å²) in [5.41, 5.74) is 0. The van der Waals surface area contributed by atoms with E-state index in [1.807, 2.05) is 21.1 Å². The van der Waals surface area contributed by atoms with Crippen LogP contribution in [0.3, 0.4) is 0 Å². The Bertz CT molecular complexity index is 1320. The van der Waals surface area contributed by atoms with Crippen LogP contribution in [-0.4, -0.2) is 87.4 Å². The number of allylic oxidation sites excluding steroid dienone is 2. The molecule has 0 rings (SSSR count). The molecular weight excluding hydrogens is 995 g/mol. The molecule has 9 heteroatoms. The Morgan fingerprint density at radius 2 is 0.637 bits per heavy atom. The van der Waals surface area contributed by atoms with E-state index in [4.69, 9.17) is 18.9 Å². The molecule has 0 spiro atoms. The topological polar surface area (TPSA) is 108 Å². The number of esters is 2. The van der Waals surface area contributed by atoms with Crippen LogP contribution >= 0.6 is 0 Å². The van der Waals surface area contributed by atoms with Gasteiger partial charge < -0.3 is 28.5 Å². The van der Waals surface area contributed by atoms with E-state index in [1.54, 1.807) is 0 Å². The number of likely N-dealkylation sites (N-methyl/N-ethyl adjacent to an activating group) is 1. The first kappa shape index (κ1) is 78.0. The molecule has 0 aromatic carbocycles. The van der Waals surface area contributed by atoms with Gasteiger partial charge in [0, 0.05) is 12.8 Å². The molecule has 0 saturated carbocycles. The van der Waals surface area contributed by atoms with E-state index in [0.29, 0.717) is 17.4 Å². The maximum absolute atomic E-state index is 12.9. The van der Waals surface area contributed by atoms with Crippen molar-refractivity contribution in [3.63, 3.8) is 0 Å². The number of carboxylic acid groups (broad SMARTS) is 1. The van der Waals surface area contributed by atoms with Crippen LogP contribution in [0.2, 0.25) is 0 Å². The number of ether oxygens (including phenoxy) is 4. The van der Waals surface area contributed by atoms with E-state index in [1.165, 1.54) is 302 Å². The highest BCUT2D eigenvalue weighted by atomic mass is 16.7. The third-order valence-corrected chi connectivity index (χ3v) is 16.3. The Balaban J connectivity index is 3.96. The Kier molecular flexibility index (Phi) is 61.5. The molecule has 0 fully saturated rings. The van der Waals surface area contributed by atoms with Gasteiger partial charge in [0.15, 0.2) is 6.10 Å². The molecule has 9 nitrogen and oxygen atoms in total. The van der Waals surface area contributed by atoms with Gasteiger partial charge in [0.1, 0.15) is 13.2 Å². The van der Waals surface area contributed by atoms with Crippen molar-refractivity contribution >= 4 is 17.9 Å². The number of carbonyl (C=O) groups excluding carboxylic acids is 2. The summed E-state index contributed by atoms with van der Waals surface area (Å²) in [7, 11) is 5.99. The molecule has 2 unspecified atom stereocenters. The maximum Gasteiger partial charge on any atom is 0.361 e. The molecule has 0 heterocycles. The highest BCUT2D eigenvalue weighted by molar-refractivity contribution is 5.71. The zero-order valence-electron chi connectivity index (χ0n) is 54.3. The molecular formula is C71H138NO8+. The predicted octanol–water partition coefficient (Wildman–Crippen LogP) is 21.6. The minimum absolute atomic E-state index is 0.176. The van der Waals surface area contributed by atoms with E-state index in [9.17, 15) is 19.5 Å². The van der Waals surface area contributed by atoms with Crippen molar-refractivity contribution in [2.24, 2.45) is 0 Å². The van der Waals surface area contributed by atoms with E-state index in [-0.39, 0.29) is 38.2 Å². The number of hydrogen-bond acceptors (Lipinski definition) is 7. The number of quaternary nitrogens is 1. The molecule has 0 aliphatic rings. The first-order valence-corrected chi connectivity index (χ1v) is 35.4. The number of hydrogen-bond donors (Lipinski definition) is 1. The van der Waals surface area contributed by atoms with Gasteiger partial charge in [-0.1, -0.05) is 328 Å². The lowest BCUT2D eigenvalue weighted by Gasteiger charge is -2.25. The molecule has 0 aromatic heterocycles. The van der Waals surface area contributed by atoms with Crippen molar-refractivity contribution in [2.45, 2.75) is 379 Å². The SMILES string of the molecule is CCCCCCCC/C=C\CCCCCCCCCCCC(=O)OC(COC(=O)CCCCCCCCCCCCCCCCCCCCCCCCCCCCCCCCCCCCCC)COC(OCC[N+](C)(C)C)C(=O)O. The van der Waals surface area contributed by atoms with E-state index in [0.717, 1.165) is 38.5 Å². The van der Waals surface area contributed by atoms with Crippen LogP contribution in [0.5, 0.6) is 0 Å². The number of rotatable bonds is 67. The first-order valence-electron chi connectivity index (χ1n) is 35.4. The van der Waals surface area contributed by atoms with Crippen LogP contribution < -0.4 is 0 Å². The lowest BCUT2D eigenvalue weighted by Crippen LogP contribution is -2.40. The van der Waals surface area contributed by atoms with Crippen LogP contribution in [0.1, 0.15) is 367 Å². The van der Waals surface area contributed by atoms with Gasteiger partial charge in [-0.15, -0.1) is 0 Å². The van der Waals surface area contributed by atoms with Gasteiger partial charge >= 0.3 is 17.9 Å². The second-order valence-electron chi connectivity index (χ2n) is 25.6. The summed E-state index contributed by atoms with van der Waals surface area (Å²) in [6, 6.07) is 0. The molecule has 0 radical (unpaired) electrons. The summed E-state index contributed by atoms with van der Waals surface area (Å²) in [5, 5.41) is 9.73. The molecule has 1 N–H and O–H groups in total. The second kappa shape index (κ2) is 63.1. The molecule has 2 atom stereocenters. The van der Waals surface area contributed by atoms with Crippen LogP contribution in [0, 0.1) is 0 Å². The van der Waals surface area contributed by atoms with Crippen molar-refractivity contribution in [3.8, 4) is 0 Å². The van der Waals surface area contributed by atoms with Gasteiger partial charge in [-0.25, -0.2) is 4.79 Å². The maximum atomic E-state index is 12.9. The van der Waals surface area contributed by atoms with Crippen molar-refractivity contribution in [2.75, 3.05) is 47.5 Å². The fraction of sp³-hybridized carbons (Fsp3) is 0.930. The van der Waals surface area contributed by atoms with E-state index in [2.05, 4.69) is 26.0 Å². The van der Waals surface area contributed by atoms with Gasteiger partial charge in [-0.2, -0.15) is 0 Å². The summed E-state index contributed by atoms with van der Waals surface area (Å²) in [5.74, 6) is -1.98. The largest absolute Gasteiger partial charge is 0.477 e. The van der Waals surface area contributed by atoms with Crippen LogP contribution in [0.4, 0.5) is 0 Å². The molecule has 0 aliphatic heterocycles. The zero-order valence-corrected chi connectivity index (χ0v) is 54.3. The normalized spacial score (nSPS) is 12.7. The quantitative estimate of drug-likeness (QED) is 0.0211. The molecule has 474 valence electrons.